The quantitative estimate of drug-likeness (QED) is 0.480. The van der Waals surface area contributed by atoms with Gasteiger partial charge >= 0.3 is 5.97 Å². The second kappa shape index (κ2) is 10.1. The van der Waals surface area contributed by atoms with Crippen LogP contribution in [-0.2, 0) is 16.9 Å². The highest BCUT2D eigenvalue weighted by atomic mass is 79.9. The molecule has 1 aromatic heterocycles. The lowest BCUT2D eigenvalue weighted by molar-refractivity contribution is -0.0397. The van der Waals surface area contributed by atoms with Crippen molar-refractivity contribution in [3.8, 4) is 0 Å². The van der Waals surface area contributed by atoms with Gasteiger partial charge in [-0.1, -0.05) is 18.2 Å². The summed E-state index contributed by atoms with van der Waals surface area (Å²) >= 11 is 3.36. The topological polar surface area (TPSA) is 80.5 Å². The van der Waals surface area contributed by atoms with Crippen LogP contribution in [0.4, 0.5) is 8.78 Å². The third-order valence-electron chi connectivity index (χ3n) is 5.71. The van der Waals surface area contributed by atoms with Crippen molar-refractivity contribution in [1.29, 1.82) is 0 Å². The minimum atomic E-state index is -1.66. The zero-order valence-electron chi connectivity index (χ0n) is 17.7. The van der Waals surface area contributed by atoms with Gasteiger partial charge in [0, 0.05) is 35.7 Å². The van der Waals surface area contributed by atoms with Crippen molar-refractivity contribution >= 4 is 21.9 Å². The van der Waals surface area contributed by atoms with E-state index in [9.17, 15) is 18.7 Å². The molecule has 0 radical (unpaired) electrons. The van der Waals surface area contributed by atoms with Crippen molar-refractivity contribution in [1.82, 2.24) is 19.7 Å². The Kier molecular flexibility index (Phi) is 7.16. The van der Waals surface area contributed by atoms with E-state index in [2.05, 4.69) is 26.0 Å². The van der Waals surface area contributed by atoms with Gasteiger partial charge in [0.2, 0.25) is 0 Å². The summed E-state index contributed by atoms with van der Waals surface area (Å²) in [6, 6.07) is 10.2. The molecule has 10 heteroatoms. The van der Waals surface area contributed by atoms with Crippen LogP contribution in [0.1, 0.15) is 28.8 Å². The minimum absolute atomic E-state index is 0.0121. The van der Waals surface area contributed by atoms with E-state index in [-0.39, 0.29) is 24.8 Å². The average Bonchev–Trinajstić information content (AvgIpc) is 3.28. The Morgan fingerprint density at radius 2 is 1.94 bits per heavy atom. The maximum Gasteiger partial charge on any atom is 0.339 e. The zero-order valence-corrected chi connectivity index (χ0v) is 19.3. The van der Waals surface area contributed by atoms with Gasteiger partial charge in [-0.25, -0.2) is 23.2 Å². The number of aliphatic hydroxyl groups is 1. The van der Waals surface area contributed by atoms with Crippen LogP contribution in [0, 0.1) is 11.6 Å². The molecule has 2 heterocycles. The average molecular weight is 521 g/mol. The molecule has 7 nitrogen and oxygen atoms in total. The fourth-order valence-electron chi connectivity index (χ4n) is 4.07. The molecule has 1 aliphatic rings. The number of aromatic nitrogens is 3. The van der Waals surface area contributed by atoms with Crippen LogP contribution in [-0.4, -0.2) is 56.5 Å². The van der Waals surface area contributed by atoms with Crippen molar-refractivity contribution in [2.24, 2.45) is 0 Å². The summed E-state index contributed by atoms with van der Waals surface area (Å²) < 4.78 is 35.8. The number of ether oxygens (including phenoxy) is 1. The molecule has 33 heavy (non-hydrogen) atoms. The lowest BCUT2D eigenvalue weighted by Crippen LogP contribution is -2.48. The van der Waals surface area contributed by atoms with Crippen LogP contribution in [0.25, 0.3) is 0 Å². The fourth-order valence-corrected chi connectivity index (χ4v) is 4.51. The highest BCUT2D eigenvalue weighted by molar-refractivity contribution is 9.10. The van der Waals surface area contributed by atoms with Gasteiger partial charge in [0.1, 0.15) is 36.0 Å². The van der Waals surface area contributed by atoms with Crippen LogP contribution in [0.2, 0.25) is 0 Å². The van der Waals surface area contributed by atoms with Crippen LogP contribution < -0.4 is 0 Å². The summed E-state index contributed by atoms with van der Waals surface area (Å²) in [5, 5.41) is 15.5. The minimum Gasteiger partial charge on any atom is -0.459 e. The van der Waals surface area contributed by atoms with E-state index >= 15 is 0 Å². The molecule has 3 aromatic rings. The number of esters is 1. The zero-order chi connectivity index (χ0) is 23.4. The van der Waals surface area contributed by atoms with Crippen molar-refractivity contribution in [3.63, 3.8) is 0 Å². The molecule has 174 valence electrons. The van der Waals surface area contributed by atoms with Gasteiger partial charge in [-0.15, -0.1) is 0 Å². The van der Waals surface area contributed by atoms with E-state index in [4.69, 9.17) is 4.74 Å². The Morgan fingerprint density at radius 3 is 2.61 bits per heavy atom. The number of hydrogen-bond acceptors (Lipinski definition) is 6. The predicted octanol–water partition coefficient (Wildman–Crippen LogP) is 3.53. The first-order chi connectivity index (χ1) is 15.8. The number of nitrogens with zero attached hydrogens (tertiary/aromatic N) is 4. The van der Waals surface area contributed by atoms with E-state index in [1.807, 2.05) is 11.0 Å². The third-order valence-corrected chi connectivity index (χ3v) is 6.40. The fraction of sp³-hybridized carbons (Fsp3) is 0.348. The number of rotatable bonds is 7. The Morgan fingerprint density at radius 1 is 1.18 bits per heavy atom. The Hall–Kier alpha value is -2.69. The van der Waals surface area contributed by atoms with E-state index in [1.54, 1.807) is 18.2 Å². The number of carbonyl (C=O) groups is 1. The molecule has 1 fully saturated rings. The second-order valence-corrected chi connectivity index (χ2v) is 8.96. The highest BCUT2D eigenvalue weighted by Crippen LogP contribution is 2.29. The molecule has 2 aromatic carbocycles. The van der Waals surface area contributed by atoms with E-state index in [0.717, 1.165) is 12.1 Å². The molecule has 4 rings (SSSR count). The summed E-state index contributed by atoms with van der Waals surface area (Å²) in [5.41, 5.74) is -1.21. The largest absolute Gasteiger partial charge is 0.459 e. The molecule has 0 aliphatic carbocycles. The molecule has 1 atom stereocenters. The van der Waals surface area contributed by atoms with Crippen LogP contribution in [0.5, 0.6) is 0 Å². The Balaban J connectivity index is 1.43. The van der Waals surface area contributed by atoms with Gasteiger partial charge in [-0.05, 0) is 47.0 Å². The maximum atomic E-state index is 14.6. The van der Waals surface area contributed by atoms with Crippen molar-refractivity contribution in [3.05, 3.63) is 82.4 Å². The smallest absolute Gasteiger partial charge is 0.339 e. The maximum absolute atomic E-state index is 14.6. The number of hydrogen-bond donors (Lipinski definition) is 1. The van der Waals surface area contributed by atoms with Crippen molar-refractivity contribution < 1.29 is 23.4 Å². The van der Waals surface area contributed by atoms with Gasteiger partial charge in [-0.3, -0.25) is 4.90 Å². The molecular formula is C23H23BrF2N4O3. The number of β-amino-alcohol motifs (C(OH)–C–C–N with tert-alkyl or cyclic N) is 1. The summed E-state index contributed by atoms with van der Waals surface area (Å²) in [7, 11) is 0. The third kappa shape index (κ3) is 5.63. The van der Waals surface area contributed by atoms with Crippen LogP contribution in [0.15, 0.2) is 59.6 Å². The number of benzene rings is 2. The van der Waals surface area contributed by atoms with E-state index in [1.165, 1.54) is 23.4 Å². The number of likely N-dealkylation sites (tertiary alicyclic amines) is 1. The molecule has 1 unspecified atom stereocenters. The van der Waals surface area contributed by atoms with Crippen LogP contribution in [0.3, 0.4) is 0 Å². The number of carbonyl (C=O) groups excluding carboxylic acids is 1. The van der Waals surface area contributed by atoms with Crippen LogP contribution >= 0.6 is 15.9 Å². The SMILES string of the molecule is O=C(OC1CCN(CC(O)(Cn2cncn2)c2ccc(F)cc2F)CC1)c1ccccc1Br. The summed E-state index contributed by atoms with van der Waals surface area (Å²) in [5.74, 6) is -1.93. The summed E-state index contributed by atoms with van der Waals surface area (Å²) in [6.07, 6.45) is 3.64. The normalized spacial score (nSPS) is 17.0. The van der Waals surface area contributed by atoms with Crippen molar-refractivity contribution in [2.75, 3.05) is 19.6 Å². The highest BCUT2D eigenvalue weighted by Gasteiger charge is 2.37. The lowest BCUT2D eigenvalue weighted by atomic mass is 9.91. The Bertz CT molecular complexity index is 1110. The monoisotopic (exact) mass is 520 g/mol. The van der Waals surface area contributed by atoms with Gasteiger partial charge in [0.25, 0.3) is 0 Å². The molecule has 1 N–H and O–H groups in total. The molecule has 0 amide bonds. The first-order valence-electron chi connectivity index (χ1n) is 10.5. The molecule has 1 aliphatic heterocycles. The number of piperidine rings is 1. The number of halogens is 3. The standard InChI is InChI=1S/C23H23BrF2N4O3/c24-20-4-2-1-3-18(20)22(31)33-17-7-9-29(10-8-17)12-23(32,13-30-15-27-14-28-30)19-6-5-16(25)11-21(19)26/h1-6,11,14-15,17,32H,7-10,12-13H2. The first-order valence-corrected chi connectivity index (χ1v) is 11.3. The second-order valence-electron chi connectivity index (χ2n) is 8.11. The molecule has 0 saturated carbocycles. The lowest BCUT2D eigenvalue weighted by Gasteiger charge is -2.38. The van der Waals surface area contributed by atoms with Crippen molar-refractivity contribution in [2.45, 2.75) is 31.1 Å². The van der Waals surface area contributed by atoms with E-state index < -0.39 is 23.2 Å². The predicted molar refractivity (Wildman–Crippen MR) is 119 cm³/mol. The van der Waals surface area contributed by atoms with Gasteiger partial charge in [-0.2, -0.15) is 5.10 Å². The summed E-state index contributed by atoms with van der Waals surface area (Å²) in [6.45, 7) is 1.12. The van der Waals surface area contributed by atoms with Gasteiger partial charge in [0.15, 0.2) is 0 Å². The Labute approximate surface area is 198 Å². The molecule has 0 spiro atoms. The molecule has 0 bridgehead atoms. The first kappa shape index (κ1) is 23.5. The van der Waals surface area contributed by atoms with Gasteiger partial charge < -0.3 is 9.84 Å². The molecule has 1 saturated heterocycles. The summed E-state index contributed by atoms with van der Waals surface area (Å²) in [4.78, 5) is 18.3. The molecular weight excluding hydrogens is 498 g/mol. The van der Waals surface area contributed by atoms with E-state index in [0.29, 0.717) is 36.0 Å². The van der Waals surface area contributed by atoms with Gasteiger partial charge in [0.05, 0.1) is 12.1 Å².